The zero-order valence-electron chi connectivity index (χ0n) is 11.5. The van der Waals surface area contributed by atoms with Gasteiger partial charge in [-0.2, -0.15) is 0 Å². The van der Waals surface area contributed by atoms with Crippen LogP contribution in [0.1, 0.15) is 50.3 Å². The van der Waals surface area contributed by atoms with Crippen LogP contribution in [0, 0.1) is 13.8 Å². The van der Waals surface area contributed by atoms with Crippen LogP contribution in [0.5, 0.6) is 11.5 Å². The topological polar surface area (TPSA) is 18.5 Å². The minimum Gasteiger partial charge on any atom is -0.540 e. The van der Waals surface area contributed by atoms with E-state index in [0.717, 1.165) is 22.6 Å². The Morgan fingerprint density at radius 1 is 1.12 bits per heavy atom. The Balaban J connectivity index is 3.42. The smallest absolute Gasteiger partial charge is 0.341 e. The molecule has 0 N–H and O–H groups in total. The molecule has 0 atom stereocenters. The monoisotopic (exact) mass is 249 g/mol. The Labute approximate surface area is 108 Å². The van der Waals surface area contributed by atoms with Gasteiger partial charge in [0.1, 0.15) is 11.5 Å². The quantitative estimate of drug-likeness (QED) is 0.758. The Hall–Kier alpha value is -0.963. The minimum atomic E-state index is 0.164. The van der Waals surface area contributed by atoms with Crippen molar-refractivity contribution in [2.75, 3.05) is 0 Å². The maximum Gasteiger partial charge on any atom is 0.341 e. The van der Waals surface area contributed by atoms with Crippen LogP contribution in [0.25, 0.3) is 0 Å². The minimum absolute atomic E-state index is 0.164. The van der Waals surface area contributed by atoms with Gasteiger partial charge in [-0.3, -0.25) is 0 Å². The SMILES string of the molecule is Cc1cc(OC(C)C)c(C(C)C)c(O[Si])c1C. The molecule has 3 radical (unpaired) electrons. The van der Waals surface area contributed by atoms with E-state index in [0.29, 0.717) is 5.92 Å². The largest absolute Gasteiger partial charge is 0.540 e. The Kier molecular flexibility index (Phi) is 4.63. The summed E-state index contributed by atoms with van der Waals surface area (Å²) >= 11 is 0. The van der Waals surface area contributed by atoms with Crippen LogP contribution in [0.15, 0.2) is 6.07 Å². The molecular formula is C14H21O2Si. The summed E-state index contributed by atoms with van der Waals surface area (Å²) in [5.41, 5.74) is 3.45. The summed E-state index contributed by atoms with van der Waals surface area (Å²) in [6.07, 6.45) is 0.164. The van der Waals surface area contributed by atoms with E-state index < -0.39 is 0 Å². The fraction of sp³-hybridized carbons (Fsp3) is 0.571. The lowest BCUT2D eigenvalue weighted by Gasteiger charge is -2.22. The zero-order valence-corrected chi connectivity index (χ0v) is 12.5. The van der Waals surface area contributed by atoms with Crippen molar-refractivity contribution in [3.8, 4) is 11.5 Å². The van der Waals surface area contributed by atoms with Crippen LogP contribution in [-0.2, 0) is 0 Å². The van der Waals surface area contributed by atoms with E-state index in [1.54, 1.807) is 0 Å². The highest BCUT2D eigenvalue weighted by atomic mass is 28.2. The van der Waals surface area contributed by atoms with Crippen LogP contribution in [0.3, 0.4) is 0 Å². The first-order chi connectivity index (χ1) is 7.88. The van der Waals surface area contributed by atoms with Gasteiger partial charge in [-0.15, -0.1) is 0 Å². The lowest BCUT2D eigenvalue weighted by Crippen LogP contribution is -2.10. The van der Waals surface area contributed by atoms with Gasteiger partial charge in [-0.05, 0) is 50.8 Å². The van der Waals surface area contributed by atoms with Crippen LogP contribution in [0.2, 0.25) is 0 Å². The average Bonchev–Trinajstić information content (AvgIpc) is 2.21. The highest BCUT2D eigenvalue weighted by Gasteiger charge is 2.18. The predicted octanol–water partition coefficient (Wildman–Crippen LogP) is 3.68. The molecule has 0 aliphatic carbocycles. The van der Waals surface area contributed by atoms with Crippen molar-refractivity contribution in [1.29, 1.82) is 0 Å². The number of aryl methyl sites for hydroxylation is 1. The second-order valence-electron chi connectivity index (χ2n) is 4.98. The van der Waals surface area contributed by atoms with E-state index in [1.165, 1.54) is 5.56 Å². The van der Waals surface area contributed by atoms with Gasteiger partial charge in [0.15, 0.2) is 0 Å². The Morgan fingerprint density at radius 2 is 1.71 bits per heavy atom. The first-order valence-corrected chi connectivity index (χ1v) is 6.43. The summed E-state index contributed by atoms with van der Waals surface area (Å²) in [7, 11) is 3.16. The molecule has 17 heavy (non-hydrogen) atoms. The maximum absolute atomic E-state index is 5.88. The molecule has 0 unspecified atom stereocenters. The highest BCUT2D eigenvalue weighted by molar-refractivity contribution is 6.00. The van der Waals surface area contributed by atoms with Gasteiger partial charge in [-0.1, -0.05) is 13.8 Å². The summed E-state index contributed by atoms with van der Waals surface area (Å²) in [5, 5.41) is 0. The van der Waals surface area contributed by atoms with Crippen molar-refractivity contribution < 1.29 is 9.16 Å². The summed E-state index contributed by atoms with van der Waals surface area (Å²) in [6.45, 7) is 12.5. The van der Waals surface area contributed by atoms with Gasteiger partial charge in [0, 0.05) is 5.56 Å². The lowest BCUT2D eigenvalue weighted by molar-refractivity contribution is 0.238. The summed E-state index contributed by atoms with van der Waals surface area (Å²) < 4.78 is 11.2. The highest BCUT2D eigenvalue weighted by Crippen LogP contribution is 2.39. The summed E-state index contributed by atoms with van der Waals surface area (Å²) in [5.74, 6) is 2.16. The van der Waals surface area contributed by atoms with Crippen LogP contribution in [0.4, 0.5) is 0 Å². The van der Waals surface area contributed by atoms with E-state index in [4.69, 9.17) is 9.16 Å². The standard InChI is InChI=1S/C14H21O2Si/c1-8(2)13-12(15-9(3)4)7-10(5)11(6)14(13)16-17/h7-9H,1-6H3. The van der Waals surface area contributed by atoms with Crippen molar-refractivity contribution in [3.05, 3.63) is 22.8 Å². The van der Waals surface area contributed by atoms with E-state index in [-0.39, 0.29) is 6.10 Å². The Morgan fingerprint density at radius 3 is 2.12 bits per heavy atom. The van der Waals surface area contributed by atoms with Gasteiger partial charge in [0.25, 0.3) is 0 Å². The maximum atomic E-state index is 5.88. The molecule has 0 aromatic heterocycles. The van der Waals surface area contributed by atoms with Crippen LogP contribution >= 0.6 is 0 Å². The third kappa shape index (κ3) is 3.03. The second-order valence-corrected chi connectivity index (χ2v) is 5.19. The molecule has 0 saturated heterocycles. The molecule has 0 heterocycles. The van der Waals surface area contributed by atoms with Gasteiger partial charge >= 0.3 is 10.5 Å². The van der Waals surface area contributed by atoms with Crippen molar-refractivity contribution >= 4 is 10.5 Å². The summed E-state index contributed by atoms with van der Waals surface area (Å²) in [6, 6.07) is 2.10. The fourth-order valence-corrected chi connectivity index (χ4v) is 2.17. The lowest BCUT2D eigenvalue weighted by atomic mass is 9.95. The molecule has 0 bridgehead atoms. The molecule has 0 amide bonds. The molecule has 0 spiro atoms. The number of ether oxygens (including phenoxy) is 1. The van der Waals surface area contributed by atoms with E-state index in [9.17, 15) is 0 Å². The van der Waals surface area contributed by atoms with Crippen molar-refractivity contribution in [2.45, 2.75) is 53.6 Å². The van der Waals surface area contributed by atoms with Crippen molar-refractivity contribution in [2.24, 2.45) is 0 Å². The molecule has 0 saturated carbocycles. The molecule has 3 heteroatoms. The second kappa shape index (κ2) is 5.58. The number of hydrogen-bond donors (Lipinski definition) is 0. The first-order valence-electron chi connectivity index (χ1n) is 6.02. The van der Waals surface area contributed by atoms with Crippen molar-refractivity contribution in [3.63, 3.8) is 0 Å². The van der Waals surface area contributed by atoms with Gasteiger partial charge in [0.2, 0.25) is 0 Å². The van der Waals surface area contributed by atoms with Gasteiger partial charge < -0.3 is 9.16 Å². The number of benzene rings is 1. The fourth-order valence-electron chi connectivity index (χ4n) is 1.91. The third-order valence-electron chi connectivity index (χ3n) is 2.83. The number of hydrogen-bond acceptors (Lipinski definition) is 2. The van der Waals surface area contributed by atoms with Gasteiger partial charge in [0.05, 0.1) is 6.10 Å². The molecular weight excluding hydrogens is 228 g/mol. The zero-order chi connectivity index (χ0) is 13.2. The van der Waals surface area contributed by atoms with Gasteiger partial charge in [-0.25, -0.2) is 0 Å². The molecule has 0 fully saturated rings. The van der Waals surface area contributed by atoms with Crippen molar-refractivity contribution in [1.82, 2.24) is 0 Å². The molecule has 93 valence electrons. The van der Waals surface area contributed by atoms with Crippen LogP contribution in [-0.4, -0.2) is 16.6 Å². The third-order valence-corrected chi connectivity index (χ3v) is 3.04. The first kappa shape index (κ1) is 14.1. The molecule has 1 rings (SSSR count). The predicted molar refractivity (Wildman–Crippen MR) is 72.2 cm³/mol. The molecule has 0 aliphatic heterocycles. The molecule has 0 aliphatic rings. The van der Waals surface area contributed by atoms with E-state index in [2.05, 4.69) is 44.2 Å². The normalized spacial score (nSPS) is 11.1. The average molecular weight is 249 g/mol. The molecule has 1 aromatic carbocycles. The Bertz CT molecular complexity index is 398. The van der Waals surface area contributed by atoms with E-state index in [1.807, 2.05) is 13.8 Å². The van der Waals surface area contributed by atoms with E-state index >= 15 is 0 Å². The van der Waals surface area contributed by atoms with Crippen LogP contribution < -0.4 is 9.16 Å². The summed E-state index contributed by atoms with van der Waals surface area (Å²) in [4.78, 5) is 0. The number of rotatable bonds is 4. The molecule has 2 nitrogen and oxygen atoms in total. The molecule has 1 aromatic rings.